The molecule has 0 aromatic heterocycles. The van der Waals surface area contributed by atoms with Crippen LogP contribution in [0.5, 0.6) is 0 Å². The van der Waals surface area contributed by atoms with Crippen molar-refractivity contribution in [1.82, 2.24) is 0 Å². The van der Waals surface area contributed by atoms with E-state index in [0.29, 0.717) is 0 Å². The van der Waals surface area contributed by atoms with Crippen LogP contribution in [-0.2, 0) is 22.0 Å². The number of allylic oxidation sites excluding steroid dienone is 4. The Hall–Kier alpha value is -2.09. The molecule has 0 saturated heterocycles. The predicted octanol–water partition coefficient (Wildman–Crippen LogP) is 7.76. The van der Waals surface area contributed by atoms with Gasteiger partial charge < -0.3 is 5.11 Å². The minimum absolute atomic E-state index is 0.199. The van der Waals surface area contributed by atoms with E-state index in [1.165, 1.54) is 66.9 Å². The lowest BCUT2D eigenvalue weighted by atomic mass is 9.62. The van der Waals surface area contributed by atoms with Crippen LogP contribution in [-0.4, -0.2) is 11.1 Å². The standard InChI is InChI=1S/C28H40O2/c1-7-8-9-10-14-22-19-24-25(28(5,6)17-16-27(24,3)4)20-23(22)15-12-11-13-21(2)18-26(29)30/h11-13,15,18-20H,7-10,14,16-17H2,1-6H3,(H,29,30)/b13-11+,15-12+,21-18+. The molecule has 2 nitrogen and oxygen atoms in total. The van der Waals surface area contributed by atoms with Gasteiger partial charge in [-0.3, -0.25) is 0 Å². The second kappa shape index (κ2) is 10.3. The number of aliphatic carboxylic acids is 1. The minimum atomic E-state index is -0.907. The molecule has 2 heteroatoms. The fourth-order valence-corrected chi connectivity index (χ4v) is 4.40. The van der Waals surface area contributed by atoms with E-state index >= 15 is 0 Å². The summed E-state index contributed by atoms with van der Waals surface area (Å²) < 4.78 is 0. The van der Waals surface area contributed by atoms with Crippen LogP contribution in [0.4, 0.5) is 0 Å². The zero-order valence-corrected chi connectivity index (χ0v) is 19.8. The van der Waals surface area contributed by atoms with Crippen LogP contribution in [0.1, 0.15) is 102 Å². The topological polar surface area (TPSA) is 37.3 Å². The monoisotopic (exact) mass is 408 g/mol. The maximum absolute atomic E-state index is 10.8. The number of hydrogen-bond acceptors (Lipinski definition) is 1. The number of fused-ring (bicyclic) bond motifs is 1. The summed E-state index contributed by atoms with van der Waals surface area (Å²) in [7, 11) is 0. The zero-order valence-electron chi connectivity index (χ0n) is 19.8. The summed E-state index contributed by atoms with van der Waals surface area (Å²) in [5, 5.41) is 8.85. The number of rotatable bonds is 9. The molecule has 1 N–H and O–H groups in total. The number of aryl methyl sites for hydroxylation is 1. The van der Waals surface area contributed by atoms with Gasteiger partial charge in [0, 0.05) is 6.08 Å². The highest BCUT2D eigenvalue weighted by molar-refractivity contribution is 5.81. The molecule has 164 valence electrons. The highest BCUT2D eigenvalue weighted by Gasteiger charge is 2.37. The first-order chi connectivity index (χ1) is 14.1. The Kier molecular flexibility index (Phi) is 8.29. The second-order valence-electron chi connectivity index (χ2n) is 10.1. The third-order valence-electron chi connectivity index (χ3n) is 6.51. The molecule has 0 fully saturated rings. The molecule has 1 aromatic carbocycles. The van der Waals surface area contributed by atoms with E-state index in [1.54, 1.807) is 6.92 Å². The first kappa shape index (κ1) is 24.2. The summed E-state index contributed by atoms with van der Waals surface area (Å²) in [6.07, 6.45) is 17.9. The predicted molar refractivity (Wildman–Crippen MR) is 129 cm³/mol. The Bertz CT molecular complexity index is 834. The number of hydrogen-bond donors (Lipinski definition) is 1. The van der Waals surface area contributed by atoms with Crippen molar-refractivity contribution in [2.24, 2.45) is 0 Å². The molecule has 0 heterocycles. The third kappa shape index (κ3) is 6.45. The molecule has 0 radical (unpaired) electrons. The molecular formula is C28H40O2. The Morgan fingerprint density at radius 2 is 1.63 bits per heavy atom. The fraction of sp³-hybridized carbons (Fsp3) is 0.536. The van der Waals surface area contributed by atoms with Crippen LogP contribution in [0.25, 0.3) is 6.08 Å². The normalized spacial score (nSPS) is 18.1. The lowest BCUT2D eigenvalue weighted by Gasteiger charge is -2.42. The minimum Gasteiger partial charge on any atom is -0.478 e. The van der Waals surface area contributed by atoms with Gasteiger partial charge in [-0.1, -0.05) is 90.3 Å². The van der Waals surface area contributed by atoms with Gasteiger partial charge in [-0.05, 0) is 71.3 Å². The van der Waals surface area contributed by atoms with Crippen molar-refractivity contribution in [3.8, 4) is 0 Å². The quantitative estimate of drug-likeness (QED) is 0.257. The lowest BCUT2D eigenvalue weighted by Crippen LogP contribution is -2.34. The van der Waals surface area contributed by atoms with E-state index < -0.39 is 5.97 Å². The highest BCUT2D eigenvalue weighted by atomic mass is 16.4. The van der Waals surface area contributed by atoms with Crippen molar-refractivity contribution >= 4 is 12.0 Å². The largest absolute Gasteiger partial charge is 0.478 e. The Morgan fingerprint density at radius 3 is 2.23 bits per heavy atom. The molecule has 30 heavy (non-hydrogen) atoms. The van der Waals surface area contributed by atoms with E-state index in [0.717, 1.165) is 12.0 Å². The Morgan fingerprint density at radius 1 is 1.00 bits per heavy atom. The van der Waals surface area contributed by atoms with Crippen molar-refractivity contribution in [3.05, 3.63) is 64.3 Å². The molecule has 1 aliphatic rings. The first-order valence-corrected chi connectivity index (χ1v) is 11.5. The number of carboxylic acid groups (broad SMARTS) is 1. The molecule has 0 saturated carbocycles. The molecule has 0 atom stereocenters. The molecule has 0 unspecified atom stereocenters. The van der Waals surface area contributed by atoms with Gasteiger partial charge in [0.05, 0.1) is 0 Å². The van der Waals surface area contributed by atoms with E-state index in [1.807, 2.05) is 18.2 Å². The first-order valence-electron chi connectivity index (χ1n) is 11.5. The number of carbonyl (C=O) groups is 1. The Labute approximate surface area is 183 Å². The van der Waals surface area contributed by atoms with E-state index in [9.17, 15) is 4.79 Å². The number of unbranched alkanes of at least 4 members (excludes halogenated alkanes) is 3. The molecule has 2 rings (SSSR count). The van der Waals surface area contributed by atoms with Crippen LogP contribution in [0.2, 0.25) is 0 Å². The van der Waals surface area contributed by atoms with E-state index in [2.05, 4.69) is 52.8 Å². The van der Waals surface area contributed by atoms with Crippen molar-refractivity contribution in [2.45, 2.75) is 97.3 Å². The van der Waals surface area contributed by atoms with Crippen molar-refractivity contribution < 1.29 is 9.90 Å². The zero-order chi connectivity index (χ0) is 22.4. The molecule has 1 aromatic rings. The van der Waals surface area contributed by atoms with Crippen LogP contribution < -0.4 is 0 Å². The van der Waals surface area contributed by atoms with Crippen LogP contribution in [0.15, 0.2) is 42.0 Å². The summed E-state index contributed by atoms with van der Waals surface area (Å²) in [6.45, 7) is 13.6. The van der Waals surface area contributed by atoms with Crippen molar-refractivity contribution in [3.63, 3.8) is 0 Å². The van der Waals surface area contributed by atoms with Gasteiger partial charge in [0.1, 0.15) is 0 Å². The number of benzene rings is 1. The molecule has 0 spiro atoms. The average molecular weight is 409 g/mol. The van der Waals surface area contributed by atoms with Gasteiger partial charge in [0.15, 0.2) is 0 Å². The van der Waals surface area contributed by atoms with Crippen molar-refractivity contribution in [2.75, 3.05) is 0 Å². The summed E-state index contributed by atoms with van der Waals surface area (Å²) in [5.41, 5.74) is 6.92. The van der Waals surface area contributed by atoms with Gasteiger partial charge in [0.25, 0.3) is 0 Å². The summed E-state index contributed by atoms with van der Waals surface area (Å²) in [5.74, 6) is -0.907. The number of carboxylic acids is 1. The molecule has 0 bridgehead atoms. The van der Waals surface area contributed by atoms with Crippen LogP contribution in [0.3, 0.4) is 0 Å². The summed E-state index contributed by atoms with van der Waals surface area (Å²) in [4.78, 5) is 10.8. The van der Waals surface area contributed by atoms with Gasteiger partial charge in [0.2, 0.25) is 0 Å². The van der Waals surface area contributed by atoms with Crippen LogP contribution in [0, 0.1) is 0 Å². The SMILES string of the molecule is CCCCCCc1cc2c(cc1/C=C/C=C/C(C)=C/C(=O)O)C(C)(C)CCC2(C)C. The van der Waals surface area contributed by atoms with E-state index in [4.69, 9.17) is 5.11 Å². The average Bonchev–Trinajstić information content (AvgIpc) is 2.66. The third-order valence-corrected chi connectivity index (χ3v) is 6.51. The van der Waals surface area contributed by atoms with Gasteiger partial charge >= 0.3 is 5.97 Å². The summed E-state index contributed by atoms with van der Waals surface area (Å²) >= 11 is 0. The van der Waals surface area contributed by atoms with Gasteiger partial charge in [-0.2, -0.15) is 0 Å². The smallest absolute Gasteiger partial charge is 0.328 e. The molecule has 0 amide bonds. The van der Waals surface area contributed by atoms with Crippen LogP contribution >= 0.6 is 0 Å². The van der Waals surface area contributed by atoms with E-state index in [-0.39, 0.29) is 10.8 Å². The van der Waals surface area contributed by atoms with Crippen molar-refractivity contribution in [1.29, 1.82) is 0 Å². The second-order valence-corrected chi connectivity index (χ2v) is 10.1. The Balaban J connectivity index is 2.39. The lowest BCUT2D eigenvalue weighted by molar-refractivity contribution is -0.131. The fourth-order valence-electron chi connectivity index (χ4n) is 4.40. The molecule has 1 aliphatic carbocycles. The summed E-state index contributed by atoms with van der Waals surface area (Å²) in [6, 6.07) is 4.91. The molecule has 0 aliphatic heterocycles. The molecular weight excluding hydrogens is 368 g/mol. The van der Waals surface area contributed by atoms with Gasteiger partial charge in [-0.25, -0.2) is 4.79 Å². The highest BCUT2D eigenvalue weighted by Crippen LogP contribution is 2.46. The maximum Gasteiger partial charge on any atom is 0.328 e. The maximum atomic E-state index is 10.8. The van der Waals surface area contributed by atoms with Gasteiger partial charge in [-0.15, -0.1) is 0 Å².